The number of carboxylic acids is 1. The van der Waals surface area contributed by atoms with Crippen LogP contribution in [0.1, 0.15) is 12.5 Å². The van der Waals surface area contributed by atoms with Crippen LogP contribution in [-0.2, 0) is 11.2 Å². The molecule has 0 heterocycles. The second kappa shape index (κ2) is 5.01. The highest BCUT2D eigenvalue weighted by molar-refractivity contribution is 6.58. The average Bonchev–Trinajstić information content (AvgIpc) is 2.24. The number of hydrogen-bond acceptors (Lipinski definition) is 4. The van der Waals surface area contributed by atoms with Gasteiger partial charge >= 0.3 is 13.1 Å². The second-order valence-electron chi connectivity index (χ2n) is 4.21. The van der Waals surface area contributed by atoms with E-state index in [2.05, 4.69) is 0 Å². The predicted molar refractivity (Wildman–Crippen MR) is 60.1 cm³/mol. The molecular weight excluding hydrogens is 247 g/mol. The minimum atomic E-state index is -2.14. The fourth-order valence-electron chi connectivity index (χ4n) is 1.41. The molecule has 0 aliphatic heterocycles. The second-order valence-corrected chi connectivity index (χ2v) is 4.21. The Kier molecular flexibility index (Phi) is 4.05. The highest BCUT2D eigenvalue weighted by Crippen LogP contribution is 2.16. The third kappa shape index (κ3) is 2.84. The molecule has 18 heavy (non-hydrogen) atoms. The zero-order valence-electron chi connectivity index (χ0n) is 9.52. The van der Waals surface area contributed by atoms with Crippen molar-refractivity contribution in [1.29, 1.82) is 0 Å². The van der Waals surface area contributed by atoms with Crippen LogP contribution in [0.25, 0.3) is 0 Å². The van der Waals surface area contributed by atoms with Crippen LogP contribution in [0.5, 0.6) is 0 Å². The van der Waals surface area contributed by atoms with Crippen molar-refractivity contribution >= 4 is 18.6 Å². The maximum atomic E-state index is 13.6. The fourth-order valence-corrected chi connectivity index (χ4v) is 1.41. The summed E-state index contributed by atoms with van der Waals surface area (Å²) in [4.78, 5) is 10.8. The summed E-state index contributed by atoms with van der Waals surface area (Å²) in [7, 11) is -2.14. The van der Waals surface area contributed by atoms with Gasteiger partial charge in [-0.15, -0.1) is 0 Å². The van der Waals surface area contributed by atoms with Crippen molar-refractivity contribution in [2.45, 2.75) is 18.9 Å². The summed E-state index contributed by atoms with van der Waals surface area (Å²) in [6.07, 6.45) is -0.424. The number of carbonyl (C=O) groups is 1. The van der Waals surface area contributed by atoms with Crippen molar-refractivity contribution in [3.05, 3.63) is 29.3 Å². The Balaban J connectivity index is 3.14. The van der Waals surface area contributed by atoms with E-state index in [0.29, 0.717) is 0 Å². The Hall–Kier alpha value is -1.51. The summed E-state index contributed by atoms with van der Waals surface area (Å²) in [5.41, 5.74) is 2.81. The van der Waals surface area contributed by atoms with Crippen LogP contribution in [0.2, 0.25) is 0 Å². The monoisotopic (exact) mass is 259 g/mol. The topological polar surface area (TPSA) is 104 Å². The smallest absolute Gasteiger partial charge is 0.480 e. The molecule has 0 fully saturated rings. The van der Waals surface area contributed by atoms with Gasteiger partial charge < -0.3 is 20.9 Å². The summed E-state index contributed by atoms with van der Waals surface area (Å²) >= 11 is 0. The van der Waals surface area contributed by atoms with Crippen LogP contribution < -0.4 is 11.2 Å². The summed E-state index contributed by atoms with van der Waals surface area (Å²) in [5, 5.41) is 26.3. The van der Waals surface area contributed by atoms with Gasteiger partial charge in [0, 0.05) is 11.9 Å². The van der Waals surface area contributed by atoms with E-state index in [1.165, 1.54) is 6.92 Å². The number of hydrogen-bond donors (Lipinski definition) is 4. The standard InChI is InChI=1S/C10H12BF2NO4/c1-10(14,9(15)16)4-5-2-3-6(11(17)18)8(13)7(5)12/h2-3,17-18H,4,14H2,1H3,(H,15,16)/t10-/m1/s1. The van der Waals surface area contributed by atoms with Gasteiger partial charge in [-0.3, -0.25) is 4.79 Å². The minimum Gasteiger partial charge on any atom is -0.480 e. The van der Waals surface area contributed by atoms with Gasteiger partial charge in [-0.2, -0.15) is 0 Å². The molecule has 0 aromatic heterocycles. The summed E-state index contributed by atoms with van der Waals surface area (Å²) < 4.78 is 27.0. The van der Waals surface area contributed by atoms with E-state index in [-0.39, 0.29) is 5.56 Å². The molecule has 0 spiro atoms. The molecular formula is C10H12BF2NO4. The summed E-state index contributed by atoms with van der Waals surface area (Å²) in [6.45, 7) is 1.17. The van der Waals surface area contributed by atoms with Crippen molar-refractivity contribution in [3.63, 3.8) is 0 Å². The van der Waals surface area contributed by atoms with Crippen LogP contribution in [0.3, 0.4) is 0 Å². The lowest BCUT2D eigenvalue weighted by atomic mass is 9.78. The van der Waals surface area contributed by atoms with E-state index < -0.39 is 42.1 Å². The van der Waals surface area contributed by atoms with Gasteiger partial charge in [0.15, 0.2) is 11.6 Å². The Morgan fingerprint density at radius 2 is 1.94 bits per heavy atom. The summed E-state index contributed by atoms with van der Waals surface area (Å²) in [6, 6.07) is 2.04. The van der Waals surface area contributed by atoms with Crippen LogP contribution in [0, 0.1) is 11.6 Å². The molecule has 0 saturated heterocycles. The van der Waals surface area contributed by atoms with Gasteiger partial charge in [0.2, 0.25) is 0 Å². The first-order valence-electron chi connectivity index (χ1n) is 5.02. The molecule has 1 atom stereocenters. The average molecular weight is 259 g/mol. The van der Waals surface area contributed by atoms with E-state index in [1.54, 1.807) is 0 Å². The maximum absolute atomic E-state index is 13.6. The lowest BCUT2D eigenvalue weighted by Crippen LogP contribution is -2.47. The zero-order valence-corrected chi connectivity index (χ0v) is 9.52. The number of halogens is 2. The molecule has 1 rings (SSSR count). The Morgan fingerprint density at radius 1 is 1.39 bits per heavy atom. The first kappa shape index (κ1) is 14.6. The van der Waals surface area contributed by atoms with Gasteiger partial charge in [0.1, 0.15) is 5.54 Å². The van der Waals surface area contributed by atoms with Crippen LogP contribution >= 0.6 is 0 Å². The molecule has 0 aliphatic rings. The third-order valence-electron chi connectivity index (χ3n) is 2.52. The Morgan fingerprint density at radius 3 is 2.39 bits per heavy atom. The third-order valence-corrected chi connectivity index (χ3v) is 2.52. The zero-order chi connectivity index (χ0) is 14.1. The lowest BCUT2D eigenvalue weighted by molar-refractivity contribution is -0.142. The van der Waals surface area contributed by atoms with Crippen LogP contribution in [0.15, 0.2) is 12.1 Å². The van der Waals surface area contributed by atoms with E-state index in [9.17, 15) is 13.6 Å². The van der Waals surface area contributed by atoms with Crippen molar-refractivity contribution in [2.24, 2.45) is 5.73 Å². The first-order chi connectivity index (χ1) is 8.16. The number of rotatable bonds is 4. The molecule has 1 aromatic carbocycles. The molecule has 0 radical (unpaired) electrons. The van der Waals surface area contributed by atoms with E-state index >= 15 is 0 Å². The molecule has 8 heteroatoms. The lowest BCUT2D eigenvalue weighted by Gasteiger charge is -2.19. The molecule has 5 nitrogen and oxygen atoms in total. The van der Waals surface area contributed by atoms with Crippen molar-refractivity contribution in [1.82, 2.24) is 0 Å². The predicted octanol–water partition coefficient (Wildman–Crippen LogP) is -1.01. The van der Waals surface area contributed by atoms with Crippen LogP contribution in [-0.4, -0.2) is 33.8 Å². The largest absolute Gasteiger partial charge is 0.491 e. The van der Waals surface area contributed by atoms with Crippen molar-refractivity contribution < 1.29 is 28.7 Å². The molecule has 0 unspecified atom stereocenters. The maximum Gasteiger partial charge on any atom is 0.491 e. The van der Waals surface area contributed by atoms with E-state index in [1.807, 2.05) is 0 Å². The van der Waals surface area contributed by atoms with E-state index in [4.69, 9.17) is 20.9 Å². The molecule has 5 N–H and O–H groups in total. The quantitative estimate of drug-likeness (QED) is 0.518. The fraction of sp³-hybridized carbons (Fsp3) is 0.300. The molecule has 1 aromatic rings. The molecule has 0 saturated carbocycles. The highest BCUT2D eigenvalue weighted by atomic mass is 19.2. The minimum absolute atomic E-state index is 0.246. The number of aliphatic carboxylic acids is 1. The molecule has 0 bridgehead atoms. The van der Waals surface area contributed by atoms with E-state index in [0.717, 1.165) is 12.1 Å². The van der Waals surface area contributed by atoms with Gasteiger partial charge in [-0.1, -0.05) is 12.1 Å². The van der Waals surface area contributed by atoms with Crippen molar-refractivity contribution in [2.75, 3.05) is 0 Å². The first-order valence-corrected chi connectivity index (χ1v) is 5.02. The Labute approximate surface area is 102 Å². The molecule has 98 valence electrons. The number of benzene rings is 1. The number of carboxylic acid groups (broad SMARTS) is 1. The number of nitrogens with two attached hydrogens (primary N) is 1. The van der Waals surface area contributed by atoms with Crippen molar-refractivity contribution in [3.8, 4) is 0 Å². The van der Waals surface area contributed by atoms with Gasteiger partial charge in [0.25, 0.3) is 0 Å². The molecule has 0 amide bonds. The SMILES string of the molecule is C[C@@](N)(Cc1ccc(B(O)O)c(F)c1F)C(=O)O. The normalized spacial score (nSPS) is 14.1. The molecule has 0 aliphatic carbocycles. The van der Waals surface area contributed by atoms with Gasteiger partial charge in [-0.25, -0.2) is 8.78 Å². The van der Waals surface area contributed by atoms with Gasteiger partial charge in [-0.05, 0) is 12.5 Å². The van der Waals surface area contributed by atoms with Crippen LogP contribution in [0.4, 0.5) is 8.78 Å². The Bertz CT molecular complexity index is 479. The summed E-state index contributed by atoms with van der Waals surface area (Å²) in [5.74, 6) is -4.12. The highest BCUT2D eigenvalue weighted by Gasteiger charge is 2.31. The van der Waals surface area contributed by atoms with Gasteiger partial charge in [0.05, 0.1) is 0 Å².